The first kappa shape index (κ1) is 10.9. The van der Waals surface area contributed by atoms with E-state index in [1.54, 1.807) is 11.3 Å². The average Bonchev–Trinajstić information content (AvgIpc) is 2.81. The Morgan fingerprint density at radius 1 is 1.06 bits per heavy atom. The molecular formula is C14H10BrNS. The van der Waals surface area contributed by atoms with Gasteiger partial charge in [0.2, 0.25) is 0 Å². The van der Waals surface area contributed by atoms with E-state index in [1.807, 2.05) is 6.20 Å². The highest BCUT2D eigenvalue weighted by Crippen LogP contribution is 2.25. The van der Waals surface area contributed by atoms with E-state index in [2.05, 4.69) is 62.7 Å². The van der Waals surface area contributed by atoms with Crippen molar-refractivity contribution in [2.75, 3.05) is 0 Å². The van der Waals surface area contributed by atoms with Crippen molar-refractivity contribution in [1.29, 1.82) is 0 Å². The molecule has 0 spiro atoms. The van der Waals surface area contributed by atoms with Crippen molar-refractivity contribution in [2.45, 2.75) is 6.42 Å². The van der Waals surface area contributed by atoms with Gasteiger partial charge < -0.3 is 0 Å². The Balaban J connectivity index is 1.99. The van der Waals surface area contributed by atoms with Crippen LogP contribution in [0.15, 0.2) is 52.4 Å². The zero-order chi connectivity index (χ0) is 11.7. The normalized spacial score (nSPS) is 10.9. The molecule has 17 heavy (non-hydrogen) atoms. The van der Waals surface area contributed by atoms with Crippen molar-refractivity contribution >= 4 is 37.4 Å². The third-order valence-corrected chi connectivity index (χ3v) is 4.23. The molecule has 0 aliphatic carbocycles. The molecule has 0 aliphatic heterocycles. The second-order valence-corrected chi connectivity index (χ2v) is 5.73. The minimum absolute atomic E-state index is 0.894. The molecule has 0 bridgehead atoms. The van der Waals surface area contributed by atoms with E-state index >= 15 is 0 Å². The summed E-state index contributed by atoms with van der Waals surface area (Å²) in [6.07, 6.45) is 2.79. The number of hydrogen-bond donors (Lipinski definition) is 0. The van der Waals surface area contributed by atoms with Crippen LogP contribution in [0.5, 0.6) is 0 Å². The zero-order valence-corrected chi connectivity index (χ0v) is 11.5. The van der Waals surface area contributed by atoms with Gasteiger partial charge in [0.25, 0.3) is 0 Å². The summed E-state index contributed by atoms with van der Waals surface area (Å²) in [6, 6.07) is 12.6. The standard InChI is InChI=1S/C14H10BrNS/c15-12-3-1-10(2-4-12)9-13-14-11(5-7-16-13)6-8-17-14/h1-8H,9H2. The molecule has 1 nitrogen and oxygen atoms in total. The molecule has 3 rings (SSSR count). The van der Waals surface area contributed by atoms with Gasteiger partial charge in [-0.3, -0.25) is 4.98 Å². The van der Waals surface area contributed by atoms with E-state index in [1.165, 1.54) is 21.3 Å². The number of pyridine rings is 1. The number of hydrogen-bond acceptors (Lipinski definition) is 2. The van der Waals surface area contributed by atoms with E-state index in [0.29, 0.717) is 0 Å². The topological polar surface area (TPSA) is 12.9 Å². The highest BCUT2D eigenvalue weighted by atomic mass is 79.9. The summed E-state index contributed by atoms with van der Waals surface area (Å²) in [4.78, 5) is 4.50. The van der Waals surface area contributed by atoms with Crippen LogP contribution in [0, 0.1) is 0 Å². The summed E-state index contributed by atoms with van der Waals surface area (Å²) in [5.74, 6) is 0. The van der Waals surface area contributed by atoms with Gasteiger partial charge in [0.15, 0.2) is 0 Å². The van der Waals surface area contributed by atoms with Gasteiger partial charge in [-0.25, -0.2) is 0 Å². The second kappa shape index (κ2) is 4.59. The maximum Gasteiger partial charge on any atom is 0.0625 e. The number of rotatable bonds is 2. The van der Waals surface area contributed by atoms with Crippen LogP contribution in [0.25, 0.3) is 10.1 Å². The molecule has 0 unspecified atom stereocenters. The molecule has 0 aliphatic rings. The molecular weight excluding hydrogens is 294 g/mol. The van der Waals surface area contributed by atoms with Crippen molar-refractivity contribution in [3.05, 3.63) is 63.7 Å². The SMILES string of the molecule is Brc1ccc(Cc2nccc3ccsc23)cc1. The van der Waals surface area contributed by atoms with E-state index < -0.39 is 0 Å². The molecule has 84 valence electrons. The van der Waals surface area contributed by atoms with Gasteiger partial charge in [-0.1, -0.05) is 28.1 Å². The number of benzene rings is 1. The van der Waals surface area contributed by atoms with Gasteiger partial charge in [0.1, 0.15) is 0 Å². The van der Waals surface area contributed by atoms with Gasteiger partial charge >= 0.3 is 0 Å². The molecule has 0 fully saturated rings. The number of aromatic nitrogens is 1. The van der Waals surface area contributed by atoms with Crippen LogP contribution in [0.3, 0.4) is 0 Å². The number of halogens is 1. The third-order valence-electron chi connectivity index (χ3n) is 2.73. The fraction of sp³-hybridized carbons (Fsp3) is 0.0714. The monoisotopic (exact) mass is 303 g/mol. The van der Waals surface area contributed by atoms with Crippen molar-refractivity contribution in [2.24, 2.45) is 0 Å². The smallest absolute Gasteiger partial charge is 0.0625 e. The van der Waals surface area contributed by atoms with Crippen LogP contribution in [-0.4, -0.2) is 4.98 Å². The molecule has 0 N–H and O–H groups in total. The predicted octanol–water partition coefficient (Wildman–Crippen LogP) is 4.65. The van der Waals surface area contributed by atoms with Crippen LogP contribution in [0.2, 0.25) is 0 Å². The fourth-order valence-electron chi connectivity index (χ4n) is 1.87. The quantitative estimate of drug-likeness (QED) is 0.671. The molecule has 0 saturated heterocycles. The summed E-state index contributed by atoms with van der Waals surface area (Å²) in [5, 5.41) is 3.41. The van der Waals surface area contributed by atoms with Crippen molar-refractivity contribution < 1.29 is 0 Å². The van der Waals surface area contributed by atoms with E-state index in [-0.39, 0.29) is 0 Å². The molecule has 0 saturated carbocycles. The molecule has 0 radical (unpaired) electrons. The molecule has 0 amide bonds. The van der Waals surface area contributed by atoms with Gasteiger partial charge in [-0.2, -0.15) is 0 Å². The first-order valence-electron chi connectivity index (χ1n) is 5.38. The Morgan fingerprint density at radius 3 is 2.71 bits per heavy atom. The van der Waals surface area contributed by atoms with E-state index in [0.717, 1.165) is 10.9 Å². The number of nitrogens with zero attached hydrogens (tertiary/aromatic N) is 1. The highest BCUT2D eigenvalue weighted by molar-refractivity contribution is 9.10. The van der Waals surface area contributed by atoms with Crippen LogP contribution >= 0.6 is 27.3 Å². The summed E-state index contributed by atoms with van der Waals surface area (Å²) in [7, 11) is 0. The van der Waals surface area contributed by atoms with Crippen molar-refractivity contribution in [1.82, 2.24) is 4.98 Å². The van der Waals surface area contributed by atoms with Gasteiger partial charge in [-0.15, -0.1) is 11.3 Å². The van der Waals surface area contributed by atoms with Crippen molar-refractivity contribution in [3.63, 3.8) is 0 Å². The molecule has 2 heterocycles. The number of thiophene rings is 1. The average molecular weight is 304 g/mol. The third kappa shape index (κ3) is 2.26. The Bertz CT molecular complexity index is 643. The Labute approximate surface area is 112 Å². The lowest BCUT2D eigenvalue weighted by Gasteiger charge is -2.02. The molecule has 3 heteroatoms. The first-order chi connectivity index (χ1) is 8.33. The highest BCUT2D eigenvalue weighted by Gasteiger charge is 2.04. The van der Waals surface area contributed by atoms with Crippen molar-refractivity contribution in [3.8, 4) is 0 Å². The lowest BCUT2D eigenvalue weighted by atomic mass is 10.1. The molecule has 2 aromatic heterocycles. The Morgan fingerprint density at radius 2 is 1.88 bits per heavy atom. The van der Waals surface area contributed by atoms with Gasteiger partial charge in [0.05, 0.1) is 10.4 Å². The van der Waals surface area contributed by atoms with Crippen LogP contribution in [-0.2, 0) is 6.42 Å². The first-order valence-corrected chi connectivity index (χ1v) is 7.06. The minimum atomic E-state index is 0.894. The maximum absolute atomic E-state index is 4.50. The van der Waals surface area contributed by atoms with E-state index in [4.69, 9.17) is 0 Å². The minimum Gasteiger partial charge on any atom is -0.259 e. The second-order valence-electron chi connectivity index (χ2n) is 3.90. The summed E-state index contributed by atoms with van der Waals surface area (Å²) < 4.78 is 2.42. The summed E-state index contributed by atoms with van der Waals surface area (Å²) in [6.45, 7) is 0. The lowest BCUT2D eigenvalue weighted by Crippen LogP contribution is -1.91. The predicted molar refractivity (Wildman–Crippen MR) is 76.6 cm³/mol. The van der Waals surface area contributed by atoms with Crippen LogP contribution < -0.4 is 0 Å². The largest absolute Gasteiger partial charge is 0.259 e. The van der Waals surface area contributed by atoms with Gasteiger partial charge in [0, 0.05) is 17.1 Å². The lowest BCUT2D eigenvalue weighted by molar-refractivity contribution is 1.10. The van der Waals surface area contributed by atoms with Gasteiger partial charge in [-0.05, 0) is 40.6 Å². The fourth-order valence-corrected chi connectivity index (χ4v) is 3.02. The molecule has 1 aromatic carbocycles. The number of fused-ring (bicyclic) bond motifs is 1. The van der Waals surface area contributed by atoms with Crippen LogP contribution in [0.4, 0.5) is 0 Å². The molecule has 3 aromatic rings. The molecule has 0 atom stereocenters. The Kier molecular flexibility index (Phi) is 2.95. The zero-order valence-electron chi connectivity index (χ0n) is 9.06. The van der Waals surface area contributed by atoms with E-state index in [9.17, 15) is 0 Å². The van der Waals surface area contributed by atoms with Crippen LogP contribution in [0.1, 0.15) is 11.3 Å². The summed E-state index contributed by atoms with van der Waals surface area (Å²) in [5.41, 5.74) is 2.46. The maximum atomic E-state index is 4.50. The Hall–Kier alpha value is -1.19. The summed E-state index contributed by atoms with van der Waals surface area (Å²) >= 11 is 5.22.